The molecule has 2 aliphatic heterocycles. The van der Waals surface area contributed by atoms with Crippen molar-refractivity contribution in [1.82, 2.24) is 10.2 Å². The Morgan fingerprint density at radius 1 is 1.53 bits per heavy atom. The molecule has 0 radical (unpaired) electrons. The minimum atomic E-state index is 0.355. The normalized spacial score (nSPS) is 43.9. The van der Waals surface area contributed by atoms with E-state index in [0.717, 1.165) is 26.1 Å². The van der Waals surface area contributed by atoms with Crippen LogP contribution in [0.1, 0.15) is 32.6 Å². The van der Waals surface area contributed by atoms with Gasteiger partial charge in [-0.1, -0.05) is 0 Å². The molecule has 1 N–H and O–H groups in total. The standard InChI is InChI=1S/C12H20N2O/c1-9-3-2-6-14(9)11(15)10-7-12(10)4-5-13-8-12/h9-10,13H,2-8H2,1H3. The van der Waals surface area contributed by atoms with Crippen LogP contribution in [-0.2, 0) is 4.79 Å². The fourth-order valence-corrected chi connectivity index (χ4v) is 3.39. The zero-order valence-corrected chi connectivity index (χ0v) is 9.46. The summed E-state index contributed by atoms with van der Waals surface area (Å²) in [5, 5.41) is 3.39. The lowest BCUT2D eigenvalue weighted by molar-refractivity contribution is -0.133. The Morgan fingerprint density at radius 2 is 2.40 bits per heavy atom. The molecule has 0 bridgehead atoms. The van der Waals surface area contributed by atoms with E-state index in [2.05, 4.69) is 17.1 Å². The number of carbonyl (C=O) groups excluding carboxylic acids is 1. The second-order valence-electron chi connectivity index (χ2n) is 5.57. The molecule has 3 rings (SSSR count). The molecule has 3 fully saturated rings. The lowest BCUT2D eigenvalue weighted by atomic mass is 10.0. The molecule has 3 atom stereocenters. The van der Waals surface area contributed by atoms with Gasteiger partial charge in [0, 0.05) is 25.0 Å². The third-order valence-corrected chi connectivity index (χ3v) is 4.60. The first kappa shape index (κ1) is 9.64. The van der Waals surface area contributed by atoms with Gasteiger partial charge in [-0.2, -0.15) is 0 Å². The Bertz CT molecular complexity index is 283. The van der Waals surface area contributed by atoms with Crippen LogP contribution in [0.5, 0.6) is 0 Å². The number of hydrogen-bond donors (Lipinski definition) is 1. The summed E-state index contributed by atoms with van der Waals surface area (Å²) in [6.07, 6.45) is 4.75. The van der Waals surface area contributed by atoms with Crippen LogP contribution in [-0.4, -0.2) is 36.5 Å². The molecule has 1 aliphatic carbocycles. The average Bonchev–Trinajstić information content (AvgIpc) is 2.59. The van der Waals surface area contributed by atoms with Crippen LogP contribution < -0.4 is 5.32 Å². The van der Waals surface area contributed by atoms with Crippen molar-refractivity contribution in [3.63, 3.8) is 0 Å². The van der Waals surface area contributed by atoms with Gasteiger partial charge >= 0.3 is 0 Å². The minimum Gasteiger partial charge on any atom is -0.340 e. The number of nitrogens with one attached hydrogen (secondary N) is 1. The van der Waals surface area contributed by atoms with Crippen LogP contribution >= 0.6 is 0 Å². The molecule has 2 saturated heterocycles. The van der Waals surface area contributed by atoms with E-state index in [1.165, 1.54) is 19.3 Å². The third-order valence-electron chi connectivity index (χ3n) is 4.60. The maximum atomic E-state index is 12.3. The van der Waals surface area contributed by atoms with Gasteiger partial charge in [0.2, 0.25) is 5.91 Å². The van der Waals surface area contributed by atoms with Crippen LogP contribution in [0.3, 0.4) is 0 Å². The van der Waals surface area contributed by atoms with E-state index in [1.54, 1.807) is 0 Å². The highest BCUT2D eigenvalue weighted by Crippen LogP contribution is 2.57. The van der Waals surface area contributed by atoms with E-state index in [4.69, 9.17) is 0 Å². The molecule has 3 unspecified atom stereocenters. The lowest BCUT2D eigenvalue weighted by Gasteiger charge is -2.22. The summed E-state index contributed by atoms with van der Waals surface area (Å²) in [6, 6.07) is 0.490. The monoisotopic (exact) mass is 208 g/mol. The summed E-state index contributed by atoms with van der Waals surface area (Å²) in [7, 11) is 0. The van der Waals surface area contributed by atoms with Gasteiger partial charge in [0.05, 0.1) is 0 Å². The maximum Gasteiger partial charge on any atom is 0.226 e. The van der Waals surface area contributed by atoms with Gasteiger partial charge in [-0.3, -0.25) is 4.79 Å². The Hall–Kier alpha value is -0.570. The molecule has 3 nitrogen and oxygen atoms in total. The van der Waals surface area contributed by atoms with Gasteiger partial charge in [-0.25, -0.2) is 0 Å². The number of hydrogen-bond acceptors (Lipinski definition) is 2. The molecule has 0 aromatic heterocycles. The zero-order chi connectivity index (χ0) is 10.5. The summed E-state index contributed by atoms with van der Waals surface area (Å²) < 4.78 is 0. The van der Waals surface area contributed by atoms with E-state index in [9.17, 15) is 4.79 Å². The lowest BCUT2D eigenvalue weighted by Crippen LogP contribution is -2.36. The molecule has 2 heterocycles. The van der Waals surface area contributed by atoms with E-state index in [1.807, 2.05) is 0 Å². The SMILES string of the molecule is CC1CCCN1C(=O)C1CC12CCNC2. The average molecular weight is 208 g/mol. The van der Waals surface area contributed by atoms with Crippen molar-refractivity contribution in [3.8, 4) is 0 Å². The van der Waals surface area contributed by atoms with Crippen molar-refractivity contribution < 1.29 is 4.79 Å². The second-order valence-corrected chi connectivity index (χ2v) is 5.57. The van der Waals surface area contributed by atoms with Crippen LogP contribution in [0.2, 0.25) is 0 Å². The highest BCUT2D eigenvalue weighted by atomic mass is 16.2. The first-order valence-corrected chi connectivity index (χ1v) is 6.24. The first-order valence-electron chi connectivity index (χ1n) is 6.24. The van der Waals surface area contributed by atoms with Gasteiger partial charge in [-0.15, -0.1) is 0 Å². The summed E-state index contributed by atoms with van der Waals surface area (Å²) in [5.74, 6) is 0.803. The molecule has 0 aromatic rings. The number of rotatable bonds is 1. The smallest absolute Gasteiger partial charge is 0.226 e. The largest absolute Gasteiger partial charge is 0.340 e. The van der Waals surface area contributed by atoms with Gasteiger partial charge in [0.15, 0.2) is 0 Å². The van der Waals surface area contributed by atoms with E-state index in [-0.39, 0.29) is 0 Å². The van der Waals surface area contributed by atoms with Crippen molar-refractivity contribution in [2.45, 2.75) is 38.6 Å². The number of carbonyl (C=O) groups is 1. The fourth-order valence-electron chi connectivity index (χ4n) is 3.39. The molecule has 1 amide bonds. The summed E-state index contributed by atoms with van der Waals surface area (Å²) >= 11 is 0. The fraction of sp³-hybridized carbons (Fsp3) is 0.917. The number of amides is 1. The molecule has 1 spiro atoms. The topological polar surface area (TPSA) is 32.3 Å². The van der Waals surface area contributed by atoms with Gasteiger partial charge in [0.1, 0.15) is 0 Å². The Morgan fingerprint density at radius 3 is 3.00 bits per heavy atom. The molecular formula is C12H20N2O. The maximum absolute atomic E-state index is 12.3. The number of likely N-dealkylation sites (tertiary alicyclic amines) is 1. The van der Waals surface area contributed by atoms with Gasteiger partial charge < -0.3 is 10.2 Å². The van der Waals surface area contributed by atoms with Crippen LogP contribution in [0.4, 0.5) is 0 Å². The van der Waals surface area contributed by atoms with Crippen molar-refractivity contribution in [2.24, 2.45) is 11.3 Å². The molecule has 1 saturated carbocycles. The van der Waals surface area contributed by atoms with E-state index < -0.39 is 0 Å². The highest BCUT2D eigenvalue weighted by Gasteiger charge is 2.60. The summed E-state index contributed by atoms with van der Waals surface area (Å²) in [5.41, 5.74) is 0.374. The minimum absolute atomic E-state index is 0.355. The van der Waals surface area contributed by atoms with E-state index in [0.29, 0.717) is 23.3 Å². The Labute approximate surface area is 91.2 Å². The molecule has 3 heteroatoms. The highest BCUT2D eigenvalue weighted by molar-refractivity contribution is 5.83. The molecule has 0 aromatic carbocycles. The van der Waals surface area contributed by atoms with Crippen molar-refractivity contribution in [2.75, 3.05) is 19.6 Å². The van der Waals surface area contributed by atoms with Crippen molar-refractivity contribution >= 4 is 5.91 Å². The Kier molecular flexibility index (Phi) is 2.06. The summed E-state index contributed by atoms with van der Waals surface area (Å²) in [4.78, 5) is 14.4. The van der Waals surface area contributed by atoms with Crippen molar-refractivity contribution in [1.29, 1.82) is 0 Å². The molecule has 3 aliphatic rings. The van der Waals surface area contributed by atoms with Crippen LogP contribution in [0, 0.1) is 11.3 Å². The molecule has 84 valence electrons. The number of nitrogens with zero attached hydrogens (tertiary/aromatic N) is 1. The van der Waals surface area contributed by atoms with Gasteiger partial charge in [-0.05, 0) is 44.6 Å². The zero-order valence-electron chi connectivity index (χ0n) is 9.46. The summed E-state index contributed by atoms with van der Waals surface area (Å²) in [6.45, 7) is 5.37. The Balaban J connectivity index is 1.66. The molecular weight excluding hydrogens is 188 g/mol. The van der Waals surface area contributed by atoms with Crippen LogP contribution in [0.25, 0.3) is 0 Å². The first-order chi connectivity index (χ1) is 7.23. The van der Waals surface area contributed by atoms with Crippen LogP contribution in [0.15, 0.2) is 0 Å². The molecule has 15 heavy (non-hydrogen) atoms. The van der Waals surface area contributed by atoms with E-state index >= 15 is 0 Å². The third kappa shape index (κ3) is 1.40. The second kappa shape index (κ2) is 3.21. The predicted octanol–water partition coefficient (Wildman–Crippen LogP) is 0.997. The van der Waals surface area contributed by atoms with Crippen molar-refractivity contribution in [3.05, 3.63) is 0 Å². The predicted molar refractivity (Wildman–Crippen MR) is 58.4 cm³/mol. The quantitative estimate of drug-likeness (QED) is 0.697. The van der Waals surface area contributed by atoms with Gasteiger partial charge in [0.25, 0.3) is 0 Å².